The summed E-state index contributed by atoms with van der Waals surface area (Å²) in [5, 5.41) is 0. The highest BCUT2D eigenvalue weighted by Crippen LogP contribution is 2.13. The molecule has 2 N–H and O–H groups in total. The molecule has 0 aliphatic carbocycles. The fourth-order valence-electron chi connectivity index (χ4n) is 1.83. The largest absolute Gasteiger partial charge is 0.373 e. The SMILES string of the molecule is C[C@@H]1CN(S(=O)(=O)NCCNS(C)(=O)=O)C[C@@H](C)O1. The normalized spacial score (nSPS) is 26.5. The quantitative estimate of drug-likeness (QED) is 0.579. The van der Waals surface area contributed by atoms with Gasteiger partial charge in [0.05, 0.1) is 18.5 Å². The Morgan fingerprint density at radius 2 is 1.53 bits per heavy atom. The van der Waals surface area contributed by atoms with Crippen molar-refractivity contribution in [2.75, 3.05) is 32.4 Å². The Morgan fingerprint density at radius 1 is 1.05 bits per heavy atom. The Balaban J connectivity index is 2.47. The molecule has 0 radical (unpaired) electrons. The molecule has 1 saturated heterocycles. The molecular weight excluding hydrogens is 294 g/mol. The first-order valence-electron chi connectivity index (χ1n) is 5.95. The Bertz CT molecular complexity index is 480. The van der Waals surface area contributed by atoms with Gasteiger partial charge in [-0.1, -0.05) is 0 Å². The number of nitrogens with zero attached hydrogens (tertiary/aromatic N) is 1. The number of hydrogen-bond acceptors (Lipinski definition) is 5. The van der Waals surface area contributed by atoms with Gasteiger partial charge in [0.2, 0.25) is 10.0 Å². The molecule has 1 aliphatic heterocycles. The van der Waals surface area contributed by atoms with E-state index in [1.165, 1.54) is 4.31 Å². The summed E-state index contributed by atoms with van der Waals surface area (Å²) in [6.45, 7) is 4.23. The van der Waals surface area contributed by atoms with Gasteiger partial charge in [-0.05, 0) is 13.8 Å². The molecule has 1 rings (SSSR count). The number of morpholine rings is 1. The van der Waals surface area contributed by atoms with Gasteiger partial charge in [-0.3, -0.25) is 0 Å². The van der Waals surface area contributed by atoms with Gasteiger partial charge < -0.3 is 4.74 Å². The number of sulfonamides is 1. The van der Waals surface area contributed by atoms with Gasteiger partial charge in [-0.15, -0.1) is 0 Å². The van der Waals surface area contributed by atoms with Gasteiger partial charge in [0.15, 0.2) is 0 Å². The number of hydrogen-bond donors (Lipinski definition) is 2. The Labute approximate surface area is 114 Å². The van der Waals surface area contributed by atoms with E-state index >= 15 is 0 Å². The minimum atomic E-state index is -3.60. The first-order valence-corrected chi connectivity index (χ1v) is 9.28. The lowest BCUT2D eigenvalue weighted by molar-refractivity contribution is -0.0443. The Morgan fingerprint density at radius 3 is 2.00 bits per heavy atom. The minimum Gasteiger partial charge on any atom is -0.373 e. The van der Waals surface area contributed by atoms with Crippen molar-refractivity contribution in [3.63, 3.8) is 0 Å². The van der Waals surface area contributed by atoms with E-state index in [1.54, 1.807) is 0 Å². The lowest BCUT2D eigenvalue weighted by Crippen LogP contribution is -2.52. The van der Waals surface area contributed by atoms with Gasteiger partial charge in [-0.2, -0.15) is 12.7 Å². The number of ether oxygens (including phenoxy) is 1. The van der Waals surface area contributed by atoms with Crippen LogP contribution in [0.3, 0.4) is 0 Å². The van der Waals surface area contributed by atoms with Crippen molar-refractivity contribution in [1.29, 1.82) is 0 Å². The predicted molar refractivity (Wildman–Crippen MR) is 71.4 cm³/mol. The van der Waals surface area contributed by atoms with Crippen LogP contribution in [0.25, 0.3) is 0 Å². The van der Waals surface area contributed by atoms with Gasteiger partial charge in [-0.25, -0.2) is 17.9 Å². The standard InChI is InChI=1S/C9H21N3O5S2/c1-8-6-12(7-9(2)17-8)19(15,16)11-5-4-10-18(3,13)14/h8-11H,4-7H2,1-3H3/t8-,9-/m1/s1. The first kappa shape index (κ1) is 16.8. The summed E-state index contributed by atoms with van der Waals surface area (Å²) < 4.78 is 57.0. The van der Waals surface area contributed by atoms with Crippen LogP contribution in [0.5, 0.6) is 0 Å². The molecule has 0 unspecified atom stereocenters. The highest BCUT2D eigenvalue weighted by molar-refractivity contribution is 7.88. The third-order valence-corrected chi connectivity index (χ3v) is 4.78. The van der Waals surface area contributed by atoms with Crippen LogP contribution in [0.4, 0.5) is 0 Å². The Hall–Kier alpha value is -0.260. The van der Waals surface area contributed by atoms with Crippen molar-refractivity contribution in [2.24, 2.45) is 0 Å². The van der Waals surface area contributed by atoms with E-state index in [0.717, 1.165) is 6.26 Å². The molecule has 1 fully saturated rings. The number of nitrogens with one attached hydrogen (secondary N) is 2. The van der Waals surface area contributed by atoms with Crippen LogP contribution in [-0.2, 0) is 25.0 Å². The molecule has 0 aromatic heterocycles. The predicted octanol–water partition coefficient (Wildman–Crippen LogP) is -1.52. The maximum Gasteiger partial charge on any atom is 0.279 e. The second-order valence-corrected chi connectivity index (χ2v) is 8.23. The van der Waals surface area contributed by atoms with E-state index in [1.807, 2.05) is 13.8 Å². The van der Waals surface area contributed by atoms with Crippen molar-refractivity contribution < 1.29 is 21.6 Å². The molecule has 2 atom stereocenters. The summed E-state index contributed by atoms with van der Waals surface area (Å²) in [5.41, 5.74) is 0. The zero-order valence-corrected chi connectivity index (χ0v) is 12.9. The summed E-state index contributed by atoms with van der Waals surface area (Å²) >= 11 is 0. The summed E-state index contributed by atoms with van der Waals surface area (Å²) in [5.74, 6) is 0. The smallest absolute Gasteiger partial charge is 0.279 e. The van der Waals surface area contributed by atoms with E-state index < -0.39 is 20.2 Å². The van der Waals surface area contributed by atoms with E-state index in [9.17, 15) is 16.8 Å². The van der Waals surface area contributed by atoms with Gasteiger partial charge in [0.1, 0.15) is 0 Å². The third-order valence-electron chi connectivity index (χ3n) is 2.50. The van der Waals surface area contributed by atoms with Crippen molar-refractivity contribution >= 4 is 20.2 Å². The van der Waals surface area contributed by atoms with Crippen LogP contribution in [0, 0.1) is 0 Å². The van der Waals surface area contributed by atoms with Crippen LogP contribution in [0.1, 0.15) is 13.8 Å². The molecule has 0 bridgehead atoms. The van der Waals surface area contributed by atoms with Crippen molar-refractivity contribution in [1.82, 2.24) is 13.7 Å². The lowest BCUT2D eigenvalue weighted by Gasteiger charge is -2.34. The lowest BCUT2D eigenvalue weighted by atomic mass is 10.3. The van der Waals surface area contributed by atoms with E-state index in [2.05, 4.69) is 9.44 Å². The molecule has 19 heavy (non-hydrogen) atoms. The molecule has 10 heteroatoms. The van der Waals surface area contributed by atoms with Crippen molar-refractivity contribution in [3.8, 4) is 0 Å². The van der Waals surface area contributed by atoms with E-state index in [0.29, 0.717) is 13.1 Å². The van der Waals surface area contributed by atoms with Crippen molar-refractivity contribution in [3.05, 3.63) is 0 Å². The maximum atomic E-state index is 12.0. The molecule has 8 nitrogen and oxygen atoms in total. The third kappa shape index (κ3) is 6.15. The average Bonchev–Trinajstić information content (AvgIpc) is 2.22. The summed E-state index contributed by atoms with van der Waals surface area (Å²) in [6.07, 6.45) is 0.705. The average molecular weight is 315 g/mol. The molecule has 0 aromatic carbocycles. The first-order chi connectivity index (χ1) is 8.60. The summed E-state index contributed by atoms with van der Waals surface area (Å²) in [7, 11) is -6.90. The van der Waals surface area contributed by atoms with Gasteiger partial charge >= 0.3 is 0 Å². The second kappa shape index (κ2) is 6.46. The van der Waals surface area contributed by atoms with E-state index in [-0.39, 0.29) is 25.3 Å². The zero-order chi connectivity index (χ0) is 14.7. The molecule has 114 valence electrons. The molecule has 0 amide bonds. The fraction of sp³-hybridized carbons (Fsp3) is 1.00. The molecule has 1 heterocycles. The van der Waals surface area contributed by atoms with Crippen LogP contribution in [0.2, 0.25) is 0 Å². The number of rotatable bonds is 6. The van der Waals surface area contributed by atoms with Crippen molar-refractivity contribution in [2.45, 2.75) is 26.1 Å². The highest BCUT2D eigenvalue weighted by atomic mass is 32.2. The van der Waals surface area contributed by atoms with Gasteiger partial charge in [0.25, 0.3) is 10.2 Å². The molecule has 0 spiro atoms. The minimum absolute atomic E-state index is 0.00945. The van der Waals surface area contributed by atoms with Gasteiger partial charge in [0, 0.05) is 26.2 Å². The molecule has 0 aromatic rings. The zero-order valence-electron chi connectivity index (χ0n) is 11.3. The summed E-state index contributed by atoms with van der Waals surface area (Å²) in [4.78, 5) is 0. The molecule has 0 saturated carbocycles. The van der Waals surface area contributed by atoms with E-state index in [4.69, 9.17) is 4.74 Å². The van der Waals surface area contributed by atoms with Crippen LogP contribution in [-0.4, -0.2) is 65.8 Å². The second-order valence-electron chi connectivity index (χ2n) is 4.64. The Kier molecular flexibility index (Phi) is 5.71. The topological polar surface area (TPSA) is 105 Å². The summed E-state index contributed by atoms with van der Waals surface area (Å²) in [6, 6.07) is 0. The maximum absolute atomic E-state index is 12.0. The molecular formula is C9H21N3O5S2. The van der Waals surface area contributed by atoms with Crippen LogP contribution < -0.4 is 9.44 Å². The highest BCUT2D eigenvalue weighted by Gasteiger charge is 2.30. The monoisotopic (exact) mass is 315 g/mol. The molecule has 1 aliphatic rings. The fourth-order valence-corrected chi connectivity index (χ4v) is 3.66. The van der Waals surface area contributed by atoms with Crippen LogP contribution >= 0.6 is 0 Å². The van der Waals surface area contributed by atoms with Crippen LogP contribution in [0.15, 0.2) is 0 Å².